The van der Waals surface area contributed by atoms with Crippen LogP contribution in [-0.4, -0.2) is 40.2 Å². The predicted molar refractivity (Wildman–Crippen MR) is 78.6 cm³/mol. The summed E-state index contributed by atoms with van der Waals surface area (Å²) < 4.78 is 21.7. The van der Waals surface area contributed by atoms with Crippen molar-refractivity contribution in [3.05, 3.63) is 25.3 Å². The standard InChI is InChI=1S/C14H22O5S/c1-5-13(15)18-11(3)7-9-20(17)10-8-12(4)19-14(16)6-2/h5-6,11-12H,1-2,7-10H2,3-4H3. The molecule has 0 amide bonds. The second-order valence-electron chi connectivity index (χ2n) is 4.33. The van der Waals surface area contributed by atoms with Crippen molar-refractivity contribution in [2.75, 3.05) is 11.5 Å². The van der Waals surface area contributed by atoms with E-state index in [9.17, 15) is 14.1 Å². The molecule has 2 unspecified atom stereocenters. The van der Waals surface area contributed by atoms with Crippen molar-refractivity contribution >= 4 is 23.1 Å². The number of carbonyl (C=O) groups excluding carboxylic acids is 2. The van der Waals surface area contributed by atoms with Gasteiger partial charge in [0, 0.05) is 25.0 Å². The number of esters is 2. The molecule has 0 spiro atoms. The summed E-state index contributed by atoms with van der Waals surface area (Å²) in [5, 5.41) is 0. The Kier molecular flexibility index (Phi) is 9.84. The number of rotatable bonds is 10. The van der Waals surface area contributed by atoms with Crippen molar-refractivity contribution in [1.82, 2.24) is 0 Å². The van der Waals surface area contributed by atoms with Crippen molar-refractivity contribution in [3.8, 4) is 0 Å². The first-order valence-electron chi connectivity index (χ1n) is 6.40. The lowest BCUT2D eigenvalue weighted by molar-refractivity contribution is -0.143. The summed E-state index contributed by atoms with van der Waals surface area (Å²) in [5.74, 6) is -0.0805. The zero-order valence-corrected chi connectivity index (χ0v) is 12.8. The summed E-state index contributed by atoms with van der Waals surface area (Å²) in [4.78, 5) is 21.9. The summed E-state index contributed by atoms with van der Waals surface area (Å²) in [5.41, 5.74) is 0. The van der Waals surface area contributed by atoms with Crippen molar-refractivity contribution in [2.24, 2.45) is 0 Å². The highest BCUT2D eigenvalue weighted by Crippen LogP contribution is 2.07. The van der Waals surface area contributed by atoms with E-state index in [1.807, 2.05) is 0 Å². The molecule has 0 saturated carbocycles. The van der Waals surface area contributed by atoms with Gasteiger partial charge in [0.15, 0.2) is 0 Å². The van der Waals surface area contributed by atoms with Crippen molar-refractivity contribution in [3.63, 3.8) is 0 Å². The molecule has 114 valence electrons. The highest BCUT2D eigenvalue weighted by Gasteiger charge is 2.15. The van der Waals surface area contributed by atoms with Crippen molar-refractivity contribution < 1.29 is 23.6 Å². The summed E-state index contributed by atoms with van der Waals surface area (Å²) in [6.07, 6.45) is 2.66. The Morgan fingerprint density at radius 1 is 1.05 bits per heavy atom. The molecule has 0 fully saturated rings. The van der Waals surface area contributed by atoms with Gasteiger partial charge < -0.3 is 14.0 Å². The molecule has 0 aromatic rings. The predicted octanol–water partition coefficient (Wildman–Crippen LogP) is 1.75. The van der Waals surface area contributed by atoms with Gasteiger partial charge in [-0.15, -0.1) is 0 Å². The monoisotopic (exact) mass is 302 g/mol. The first-order chi connectivity index (χ1) is 9.38. The second kappa shape index (κ2) is 10.5. The second-order valence-corrected chi connectivity index (χ2v) is 6.02. The molecule has 0 aliphatic rings. The van der Waals surface area contributed by atoms with Crippen LogP contribution in [0.25, 0.3) is 0 Å². The maximum absolute atomic E-state index is 11.8. The van der Waals surface area contributed by atoms with E-state index in [2.05, 4.69) is 13.2 Å². The molecule has 0 rings (SSSR count). The normalized spacial score (nSPS) is 14.8. The average Bonchev–Trinajstić information content (AvgIpc) is 2.42. The molecule has 5 nitrogen and oxygen atoms in total. The lowest BCUT2D eigenvalue weighted by atomic mass is 10.3. The third kappa shape index (κ3) is 9.63. The van der Waals surface area contributed by atoms with Crippen LogP contribution in [0.4, 0.5) is 0 Å². The fraction of sp³-hybridized carbons (Fsp3) is 0.571. The minimum absolute atomic E-state index is 0.291. The SMILES string of the molecule is C=CC(=O)OC(C)CC[S+]([O-])CCC(C)OC(=O)C=C. The van der Waals surface area contributed by atoms with Crippen LogP contribution in [0.1, 0.15) is 26.7 Å². The zero-order valence-electron chi connectivity index (χ0n) is 12.0. The Hall–Kier alpha value is -1.27. The molecular formula is C14H22O5S. The minimum atomic E-state index is -1.03. The van der Waals surface area contributed by atoms with Gasteiger partial charge in [-0.1, -0.05) is 24.3 Å². The molecule has 0 aromatic heterocycles. The fourth-order valence-electron chi connectivity index (χ4n) is 1.31. The molecule has 0 saturated heterocycles. The van der Waals surface area contributed by atoms with Gasteiger partial charge in [-0.3, -0.25) is 0 Å². The average molecular weight is 302 g/mol. The molecule has 2 atom stereocenters. The minimum Gasteiger partial charge on any atom is -0.616 e. The first kappa shape index (κ1) is 18.7. The maximum Gasteiger partial charge on any atom is 0.330 e. The van der Waals surface area contributed by atoms with Crippen LogP contribution >= 0.6 is 0 Å². The molecule has 6 heteroatoms. The highest BCUT2D eigenvalue weighted by atomic mass is 32.2. The van der Waals surface area contributed by atoms with E-state index in [1.54, 1.807) is 13.8 Å². The third-order valence-corrected chi connectivity index (χ3v) is 3.85. The Morgan fingerprint density at radius 2 is 1.40 bits per heavy atom. The van der Waals surface area contributed by atoms with Gasteiger partial charge in [-0.25, -0.2) is 9.59 Å². The lowest BCUT2D eigenvalue weighted by Crippen LogP contribution is -2.22. The summed E-state index contributed by atoms with van der Waals surface area (Å²) >= 11 is -1.03. The molecule has 0 radical (unpaired) electrons. The van der Waals surface area contributed by atoms with E-state index in [0.29, 0.717) is 24.3 Å². The van der Waals surface area contributed by atoms with Crippen LogP contribution in [0.2, 0.25) is 0 Å². The highest BCUT2D eigenvalue weighted by molar-refractivity contribution is 7.91. The van der Waals surface area contributed by atoms with Crippen LogP contribution in [-0.2, 0) is 30.2 Å². The molecule has 0 aromatic carbocycles. The van der Waals surface area contributed by atoms with Gasteiger partial charge in [0.05, 0.1) is 0 Å². The zero-order chi connectivity index (χ0) is 15.5. The van der Waals surface area contributed by atoms with Gasteiger partial charge in [-0.2, -0.15) is 0 Å². The largest absolute Gasteiger partial charge is 0.616 e. The van der Waals surface area contributed by atoms with Gasteiger partial charge in [0.25, 0.3) is 0 Å². The van der Waals surface area contributed by atoms with E-state index in [0.717, 1.165) is 12.2 Å². The summed E-state index contributed by atoms with van der Waals surface area (Å²) in [7, 11) is 0. The van der Waals surface area contributed by atoms with Crippen molar-refractivity contribution in [1.29, 1.82) is 0 Å². The topological polar surface area (TPSA) is 75.7 Å². The van der Waals surface area contributed by atoms with Gasteiger partial charge in [0.1, 0.15) is 23.7 Å². The van der Waals surface area contributed by atoms with Crippen LogP contribution in [0.5, 0.6) is 0 Å². The number of ether oxygens (including phenoxy) is 2. The molecule has 0 bridgehead atoms. The Morgan fingerprint density at radius 3 is 1.70 bits per heavy atom. The first-order valence-corrected chi connectivity index (χ1v) is 7.88. The number of carbonyl (C=O) groups is 2. The van der Waals surface area contributed by atoms with Crippen LogP contribution in [0.3, 0.4) is 0 Å². The molecule has 0 aliphatic heterocycles. The fourth-order valence-corrected chi connectivity index (χ4v) is 2.70. The Balaban J connectivity index is 3.80. The lowest BCUT2D eigenvalue weighted by Gasteiger charge is -2.16. The van der Waals surface area contributed by atoms with Gasteiger partial charge in [0.2, 0.25) is 0 Å². The van der Waals surface area contributed by atoms with E-state index in [4.69, 9.17) is 9.47 Å². The Bertz CT molecular complexity index is 310. The maximum atomic E-state index is 11.8. The molecule has 0 N–H and O–H groups in total. The molecule has 0 aliphatic carbocycles. The van der Waals surface area contributed by atoms with Crippen LogP contribution in [0.15, 0.2) is 25.3 Å². The molecule has 20 heavy (non-hydrogen) atoms. The summed E-state index contributed by atoms with van der Waals surface area (Å²) in [6, 6.07) is 0. The summed E-state index contributed by atoms with van der Waals surface area (Å²) in [6.45, 7) is 10.1. The quantitative estimate of drug-likeness (QED) is 0.349. The van der Waals surface area contributed by atoms with Gasteiger partial charge >= 0.3 is 11.9 Å². The van der Waals surface area contributed by atoms with E-state index < -0.39 is 23.1 Å². The van der Waals surface area contributed by atoms with Crippen LogP contribution in [0, 0.1) is 0 Å². The molecular weight excluding hydrogens is 280 g/mol. The van der Waals surface area contributed by atoms with E-state index in [1.165, 1.54) is 0 Å². The number of hydrogen-bond donors (Lipinski definition) is 0. The third-order valence-electron chi connectivity index (χ3n) is 2.47. The van der Waals surface area contributed by atoms with E-state index in [-0.39, 0.29) is 12.2 Å². The molecule has 0 heterocycles. The van der Waals surface area contributed by atoms with Crippen molar-refractivity contribution in [2.45, 2.75) is 38.9 Å². The smallest absolute Gasteiger partial charge is 0.330 e. The number of hydrogen-bond acceptors (Lipinski definition) is 5. The van der Waals surface area contributed by atoms with Gasteiger partial charge in [-0.05, 0) is 13.8 Å². The Labute approximate surface area is 123 Å². The van der Waals surface area contributed by atoms with Crippen LogP contribution < -0.4 is 0 Å². The van der Waals surface area contributed by atoms with E-state index >= 15 is 0 Å².